The summed E-state index contributed by atoms with van der Waals surface area (Å²) < 4.78 is 0.986. The number of halogens is 1. The Bertz CT molecular complexity index is 299. The van der Waals surface area contributed by atoms with Crippen LogP contribution in [-0.4, -0.2) is 18.5 Å². The molecule has 1 rings (SSSR count). The van der Waals surface area contributed by atoms with E-state index >= 15 is 0 Å². The Balaban J connectivity index is 2.63. The summed E-state index contributed by atoms with van der Waals surface area (Å²) in [4.78, 5) is 2.30. The van der Waals surface area contributed by atoms with Crippen LogP contribution in [0.2, 0.25) is 0 Å². The fourth-order valence-electron chi connectivity index (χ4n) is 1.44. The van der Waals surface area contributed by atoms with Crippen LogP contribution in [0.5, 0.6) is 0 Å². The van der Waals surface area contributed by atoms with E-state index in [0.717, 1.165) is 23.2 Å². The molecule has 0 radical (unpaired) electrons. The summed E-state index contributed by atoms with van der Waals surface area (Å²) in [6.45, 7) is 4.30. The average molecular weight is 257 g/mol. The molecular formula is C11H17BrN2. The first-order valence-electron chi connectivity index (χ1n) is 4.86. The number of rotatable bonds is 4. The molecule has 0 atom stereocenters. The van der Waals surface area contributed by atoms with E-state index in [0.29, 0.717) is 0 Å². The highest BCUT2D eigenvalue weighted by Gasteiger charge is 2.01. The molecule has 0 unspecified atom stereocenters. The molecule has 0 saturated heterocycles. The van der Waals surface area contributed by atoms with Gasteiger partial charge < -0.3 is 10.6 Å². The van der Waals surface area contributed by atoms with E-state index in [1.807, 2.05) is 6.07 Å². The minimum Gasteiger partial charge on any atom is -0.398 e. The smallest absolute Gasteiger partial charge is 0.0458 e. The molecule has 0 aromatic heterocycles. The van der Waals surface area contributed by atoms with E-state index in [-0.39, 0.29) is 0 Å². The van der Waals surface area contributed by atoms with Crippen molar-refractivity contribution >= 4 is 21.6 Å². The topological polar surface area (TPSA) is 29.3 Å². The van der Waals surface area contributed by atoms with Crippen LogP contribution in [0.4, 0.5) is 5.69 Å². The van der Waals surface area contributed by atoms with Crippen LogP contribution in [0.15, 0.2) is 22.7 Å². The third-order valence-electron chi connectivity index (χ3n) is 2.12. The van der Waals surface area contributed by atoms with Crippen molar-refractivity contribution in [1.82, 2.24) is 4.90 Å². The molecule has 78 valence electrons. The molecule has 0 bridgehead atoms. The Hall–Kier alpha value is -0.540. The van der Waals surface area contributed by atoms with E-state index in [1.54, 1.807) is 0 Å². The molecule has 2 N–H and O–H groups in total. The van der Waals surface area contributed by atoms with Crippen molar-refractivity contribution in [3.63, 3.8) is 0 Å². The molecule has 0 spiro atoms. The predicted octanol–water partition coefficient (Wildman–Crippen LogP) is 2.87. The Morgan fingerprint density at radius 2 is 2.14 bits per heavy atom. The molecule has 0 aliphatic carbocycles. The van der Waals surface area contributed by atoms with Crippen molar-refractivity contribution < 1.29 is 0 Å². The van der Waals surface area contributed by atoms with Crippen LogP contribution in [0.3, 0.4) is 0 Å². The quantitative estimate of drug-likeness (QED) is 0.840. The van der Waals surface area contributed by atoms with Gasteiger partial charge in [0.25, 0.3) is 0 Å². The van der Waals surface area contributed by atoms with Gasteiger partial charge in [0.05, 0.1) is 0 Å². The third kappa shape index (κ3) is 3.31. The SMILES string of the molecule is CCCN(C)Cc1ccc(N)c(Br)c1. The van der Waals surface area contributed by atoms with Crippen molar-refractivity contribution in [3.05, 3.63) is 28.2 Å². The maximum absolute atomic E-state index is 5.72. The number of hydrogen-bond donors (Lipinski definition) is 1. The molecule has 0 amide bonds. The lowest BCUT2D eigenvalue weighted by Crippen LogP contribution is -2.18. The molecule has 2 nitrogen and oxygen atoms in total. The van der Waals surface area contributed by atoms with Crippen LogP contribution < -0.4 is 5.73 Å². The number of anilines is 1. The van der Waals surface area contributed by atoms with Gasteiger partial charge in [-0.1, -0.05) is 13.0 Å². The second kappa shape index (κ2) is 5.37. The minimum absolute atomic E-state index is 0.798. The van der Waals surface area contributed by atoms with E-state index < -0.39 is 0 Å². The molecule has 0 fully saturated rings. The second-order valence-corrected chi connectivity index (χ2v) is 4.45. The van der Waals surface area contributed by atoms with Crippen molar-refractivity contribution in [1.29, 1.82) is 0 Å². The summed E-state index contributed by atoms with van der Waals surface area (Å²) >= 11 is 3.43. The summed E-state index contributed by atoms with van der Waals surface area (Å²) in [7, 11) is 2.13. The number of hydrogen-bond acceptors (Lipinski definition) is 2. The molecule has 1 aromatic rings. The van der Waals surface area contributed by atoms with Crippen LogP contribution in [-0.2, 0) is 6.54 Å². The Morgan fingerprint density at radius 1 is 1.43 bits per heavy atom. The Kier molecular flexibility index (Phi) is 4.42. The second-order valence-electron chi connectivity index (χ2n) is 3.59. The van der Waals surface area contributed by atoms with Gasteiger partial charge in [-0.3, -0.25) is 0 Å². The number of nitrogen functional groups attached to an aromatic ring is 1. The third-order valence-corrected chi connectivity index (χ3v) is 2.81. The van der Waals surface area contributed by atoms with Crippen molar-refractivity contribution in [2.75, 3.05) is 19.3 Å². The lowest BCUT2D eigenvalue weighted by molar-refractivity contribution is 0.327. The standard InChI is InChI=1S/C11H17BrN2/c1-3-6-14(2)8-9-4-5-11(13)10(12)7-9/h4-5,7H,3,6,8,13H2,1-2H3. The Morgan fingerprint density at radius 3 is 2.71 bits per heavy atom. The van der Waals surface area contributed by atoms with Gasteiger partial charge in [-0.15, -0.1) is 0 Å². The summed E-state index contributed by atoms with van der Waals surface area (Å²) in [5, 5.41) is 0. The Labute approximate surface area is 94.2 Å². The predicted molar refractivity (Wildman–Crippen MR) is 65.2 cm³/mol. The zero-order valence-electron chi connectivity index (χ0n) is 8.76. The molecule has 0 aliphatic heterocycles. The maximum atomic E-state index is 5.72. The van der Waals surface area contributed by atoms with Crippen LogP contribution in [0.25, 0.3) is 0 Å². The first-order valence-corrected chi connectivity index (χ1v) is 5.65. The monoisotopic (exact) mass is 256 g/mol. The molecule has 1 aromatic carbocycles. The van der Waals surface area contributed by atoms with E-state index in [9.17, 15) is 0 Å². The van der Waals surface area contributed by atoms with Crippen LogP contribution in [0.1, 0.15) is 18.9 Å². The maximum Gasteiger partial charge on any atom is 0.0458 e. The van der Waals surface area contributed by atoms with Gasteiger partial charge in [0.2, 0.25) is 0 Å². The van der Waals surface area contributed by atoms with Gasteiger partial charge in [0.1, 0.15) is 0 Å². The molecule has 0 saturated carbocycles. The largest absolute Gasteiger partial charge is 0.398 e. The summed E-state index contributed by atoms with van der Waals surface area (Å²) in [6.07, 6.45) is 1.19. The lowest BCUT2D eigenvalue weighted by Gasteiger charge is -2.15. The number of benzene rings is 1. The molecular weight excluding hydrogens is 240 g/mol. The zero-order valence-corrected chi connectivity index (χ0v) is 10.3. The van der Waals surface area contributed by atoms with Gasteiger partial charge in [-0.05, 0) is 53.6 Å². The van der Waals surface area contributed by atoms with Crippen molar-refractivity contribution in [3.8, 4) is 0 Å². The fourth-order valence-corrected chi connectivity index (χ4v) is 1.87. The number of nitrogens with zero attached hydrogens (tertiary/aromatic N) is 1. The van der Waals surface area contributed by atoms with Gasteiger partial charge in [0.15, 0.2) is 0 Å². The first-order chi connectivity index (χ1) is 6.63. The molecule has 3 heteroatoms. The summed E-state index contributed by atoms with van der Waals surface area (Å²) in [6, 6.07) is 6.10. The highest BCUT2D eigenvalue weighted by Crippen LogP contribution is 2.20. The van der Waals surface area contributed by atoms with E-state index in [2.05, 4.69) is 46.9 Å². The van der Waals surface area contributed by atoms with Crippen LogP contribution in [0, 0.1) is 0 Å². The fraction of sp³-hybridized carbons (Fsp3) is 0.455. The molecule has 0 heterocycles. The van der Waals surface area contributed by atoms with Crippen LogP contribution >= 0.6 is 15.9 Å². The van der Waals surface area contributed by atoms with Crippen molar-refractivity contribution in [2.45, 2.75) is 19.9 Å². The van der Waals surface area contributed by atoms with E-state index in [1.165, 1.54) is 12.0 Å². The van der Waals surface area contributed by atoms with Gasteiger partial charge in [0, 0.05) is 16.7 Å². The highest BCUT2D eigenvalue weighted by atomic mass is 79.9. The normalized spacial score (nSPS) is 10.9. The number of nitrogens with two attached hydrogens (primary N) is 1. The molecule has 14 heavy (non-hydrogen) atoms. The zero-order chi connectivity index (χ0) is 10.6. The lowest BCUT2D eigenvalue weighted by atomic mass is 10.2. The highest BCUT2D eigenvalue weighted by molar-refractivity contribution is 9.10. The summed E-state index contributed by atoms with van der Waals surface area (Å²) in [5.74, 6) is 0. The van der Waals surface area contributed by atoms with E-state index in [4.69, 9.17) is 5.73 Å². The summed E-state index contributed by atoms with van der Waals surface area (Å²) in [5.41, 5.74) is 7.81. The molecule has 0 aliphatic rings. The van der Waals surface area contributed by atoms with Crippen molar-refractivity contribution in [2.24, 2.45) is 0 Å². The van der Waals surface area contributed by atoms with Gasteiger partial charge in [-0.25, -0.2) is 0 Å². The minimum atomic E-state index is 0.798. The van der Waals surface area contributed by atoms with Gasteiger partial charge >= 0.3 is 0 Å². The average Bonchev–Trinajstić information content (AvgIpc) is 2.12. The first kappa shape index (κ1) is 11.5. The van der Waals surface area contributed by atoms with Gasteiger partial charge in [-0.2, -0.15) is 0 Å².